The Morgan fingerprint density at radius 1 is 1.23 bits per heavy atom. The number of aryl methyl sites for hydroxylation is 1. The molecule has 0 saturated carbocycles. The van der Waals surface area contributed by atoms with E-state index >= 15 is 0 Å². The van der Waals surface area contributed by atoms with Gasteiger partial charge in [-0.1, -0.05) is 30.3 Å². The van der Waals surface area contributed by atoms with Crippen LogP contribution in [-0.4, -0.2) is 13.0 Å². The standard InChI is InChI=1S/C18H16N2O2/c1-13-8-9-14(11-17(13)22-2)10-15(12-19)18(21)20-16-6-4-3-5-7-16/h3-11H,1-2H3,(H,20,21)/b15-10+. The predicted octanol–water partition coefficient (Wildman–Crippen LogP) is 3.55. The van der Waals surface area contributed by atoms with E-state index in [0.29, 0.717) is 5.69 Å². The van der Waals surface area contributed by atoms with E-state index in [1.54, 1.807) is 31.4 Å². The number of para-hydroxylation sites is 1. The van der Waals surface area contributed by atoms with Gasteiger partial charge in [-0.3, -0.25) is 4.79 Å². The molecule has 4 nitrogen and oxygen atoms in total. The highest BCUT2D eigenvalue weighted by atomic mass is 16.5. The smallest absolute Gasteiger partial charge is 0.266 e. The summed E-state index contributed by atoms with van der Waals surface area (Å²) in [4.78, 5) is 12.1. The number of carbonyl (C=O) groups excluding carboxylic acids is 1. The molecule has 0 saturated heterocycles. The molecule has 4 heteroatoms. The van der Waals surface area contributed by atoms with Crippen LogP contribution in [0.3, 0.4) is 0 Å². The Morgan fingerprint density at radius 3 is 2.59 bits per heavy atom. The molecule has 0 bridgehead atoms. The molecule has 110 valence electrons. The van der Waals surface area contributed by atoms with E-state index in [2.05, 4.69) is 5.32 Å². The fourth-order valence-corrected chi connectivity index (χ4v) is 1.96. The van der Waals surface area contributed by atoms with E-state index in [4.69, 9.17) is 4.74 Å². The summed E-state index contributed by atoms with van der Waals surface area (Å²) in [5.41, 5.74) is 2.42. The molecule has 0 fully saturated rings. The van der Waals surface area contributed by atoms with Gasteiger partial charge in [-0.2, -0.15) is 5.26 Å². The van der Waals surface area contributed by atoms with Crippen LogP contribution in [0.25, 0.3) is 6.08 Å². The molecule has 1 amide bonds. The van der Waals surface area contributed by atoms with E-state index in [1.165, 1.54) is 0 Å². The number of anilines is 1. The number of methoxy groups -OCH3 is 1. The Bertz CT molecular complexity index is 743. The summed E-state index contributed by atoms with van der Waals surface area (Å²) in [5, 5.41) is 11.9. The molecular formula is C18H16N2O2. The number of hydrogen-bond acceptors (Lipinski definition) is 3. The van der Waals surface area contributed by atoms with Gasteiger partial charge < -0.3 is 10.1 Å². The lowest BCUT2D eigenvalue weighted by atomic mass is 10.1. The van der Waals surface area contributed by atoms with Crippen molar-refractivity contribution >= 4 is 17.7 Å². The number of nitriles is 1. The van der Waals surface area contributed by atoms with E-state index in [0.717, 1.165) is 16.9 Å². The average molecular weight is 292 g/mol. The number of hydrogen-bond donors (Lipinski definition) is 1. The van der Waals surface area contributed by atoms with Gasteiger partial charge in [0.15, 0.2) is 0 Å². The molecule has 0 aliphatic heterocycles. The Kier molecular flexibility index (Phi) is 4.94. The minimum atomic E-state index is -0.437. The Labute approximate surface area is 129 Å². The topological polar surface area (TPSA) is 62.1 Å². The van der Waals surface area contributed by atoms with Crippen molar-refractivity contribution in [2.24, 2.45) is 0 Å². The van der Waals surface area contributed by atoms with Crippen LogP contribution in [0.4, 0.5) is 5.69 Å². The summed E-state index contributed by atoms with van der Waals surface area (Å²) in [5.74, 6) is 0.280. The molecule has 0 unspecified atom stereocenters. The predicted molar refractivity (Wildman–Crippen MR) is 86.4 cm³/mol. The second-order valence-electron chi connectivity index (χ2n) is 4.72. The molecule has 0 atom stereocenters. The number of nitrogens with zero attached hydrogens (tertiary/aromatic N) is 1. The van der Waals surface area contributed by atoms with Gasteiger partial charge in [0.1, 0.15) is 17.4 Å². The summed E-state index contributed by atoms with van der Waals surface area (Å²) < 4.78 is 5.24. The molecule has 22 heavy (non-hydrogen) atoms. The summed E-state index contributed by atoms with van der Waals surface area (Å²) in [6.45, 7) is 1.93. The third kappa shape index (κ3) is 3.74. The lowest BCUT2D eigenvalue weighted by Gasteiger charge is -2.06. The summed E-state index contributed by atoms with van der Waals surface area (Å²) in [6.07, 6.45) is 1.54. The first kappa shape index (κ1) is 15.3. The van der Waals surface area contributed by atoms with Gasteiger partial charge in [0.05, 0.1) is 7.11 Å². The third-order valence-electron chi connectivity index (χ3n) is 3.14. The van der Waals surface area contributed by atoms with Gasteiger partial charge in [-0.25, -0.2) is 0 Å². The first-order chi connectivity index (χ1) is 10.6. The maximum atomic E-state index is 12.1. The van der Waals surface area contributed by atoms with Crippen molar-refractivity contribution in [3.05, 3.63) is 65.2 Å². The molecule has 0 radical (unpaired) electrons. The largest absolute Gasteiger partial charge is 0.496 e. The van der Waals surface area contributed by atoms with Gasteiger partial charge in [0, 0.05) is 5.69 Å². The number of amides is 1. The minimum absolute atomic E-state index is 0.0368. The number of carbonyl (C=O) groups is 1. The van der Waals surface area contributed by atoms with Crippen molar-refractivity contribution in [3.8, 4) is 11.8 Å². The van der Waals surface area contributed by atoms with Crippen molar-refractivity contribution < 1.29 is 9.53 Å². The molecule has 2 aromatic rings. The van der Waals surface area contributed by atoms with Gasteiger partial charge in [-0.05, 0) is 42.3 Å². The van der Waals surface area contributed by atoms with Crippen molar-refractivity contribution in [1.29, 1.82) is 5.26 Å². The molecule has 1 N–H and O–H groups in total. The number of benzene rings is 2. The van der Waals surface area contributed by atoms with Crippen LogP contribution in [0.5, 0.6) is 5.75 Å². The molecule has 0 aromatic heterocycles. The second-order valence-corrected chi connectivity index (χ2v) is 4.72. The third-order valence-corrected chi connectivity index (χ3v) is 3.14. The normalized spacial score (nSPS) is 10.7. The second kappa shape index (κ2) is 7.09. The van der Waals surface area contributed by atoms with Crippen LogP contribution in [0.2, 0.25) is 0 Å². The fraction of sp³-hybridized carbons (Fsp3) is 0.111. The summed E-state index contributed by atoms with van der Waals surface area (Å²) >= 11 is 0. The molecule has 0 heterocycles. The SMILES string of the molecule is COc1cc(/C=C(\C#N)C(=O)Nc2ccccc2)ccc1C. The van der Waals surface area contributed by atoms with Crippen LogP contribution in [0, 0.1) is 18.3 Å². The van der Waals surface area contributed by atoms with Crippen LogP contribution in [-0.2, 0) is 4.79 Å². The van der Waals surface area contributed by atoms with E-state index < -0.39 is 5.91 Å². The lowest BCUT2D eigenvalue weighted by molar-refractivity contribution is -0.112. The number of nitrogens with one attached hydrogen (secondary N) is 1. The lowest BCUT2D eigenvalue weighted by Crippen LogP contribution is -2.13. The molecular weight excluding hydrogens is 276 g/mol. The number of ether oxygens (including phenoxy) is 1. The van der Waals surface area contributed by atoms with E-state index in [1.807, 2.05) is 43.3 Å². The molecule has 0 aliphatic rings. The highest BCUT2D eigenvalue weighted by Gasteiger charge is 2.10. The van der Waals surface area contributed by atoms with Crippen LogP contribution >= 0.6 is 0 Å². The maximum Gasteiger partial charge on any atom is 0.266 e. The van der Waals surface area contributed by atoms with Crippen LogP contribution < -0.4 is 10.1 Å². The Balaban J connectivity index is 2.24. The number of rotatable bonds is 4. The zero-order valence-electron chi connectivity index (χ0n) is 12.5. The minimum Gasteiger partial charge on any atom is -0.496 e. The van der Waals surface area contributed by atoms with E-state index in [9.17, 15) is 10.1 Å². The van der Waals surface area contributed by atoms with Gasteiger partial charge in [0.2, 0.25) is 0 Å². The van der Waals surface area contributed by atoms with Crippen molar-refractivity contribution in [1.82, 2.24) is 0 Å². The molecule has 0 aliphatic carbocycles. The average Bonchev–Trinajstić information content (AvgIpc) is 2.54. The zero-order valence-corrected chi connectivity index (χ0v) is 12.5. The first-order valence-electron chi connectivity index (χ1n) is 6.77. The quantitative estimate of drug-likeness (QED) is 0.692. The highest BCUT2D eigenvalue weighted by molar-refractivity contribution is 6.09. The van der Waals surface area contributed by atoms with Crippen molar-refractivity contribution in [2.75, 3.05) is 12.4 Å². The zero-order chi connectivity index (χ0) is 15.9. The highest BCUT2D eigenvalue weighted by Crippen LogP contribution is 2.21. The van der Waals surface area contributed by atoms with E-state index in [-0.39, 0.29) is 5.57 Å². The Morgan fingerprint density at radius 2 is 1.95 bits per heavy atom. The van der Waals surface area contributed by atoms with Crippen molar-refractivity contribution in [3.63, 3.8) is 0 Å². The maximum absolute atomic E-state index is 12.1. The molecule has 2 rings (SSSR count). The van der Waals surface area contributed by atoms with Crippen molar-refractivity contribution in [2.45, 2.75) is 6.92 Å². The summed E-state index contributed by atoms with van der Waals surface area (Å²) in [6, 6.07) is 16.5. The van der Waals surface area contributed by atoms with Crippen LogP contribution in [0.15, 0.2) is 54.1 Å². The first-order valence-corrected chi connectivity index (χ1v) is 6.77. The molecule has 0 spiro atoms. The van der Waals surface area contributed by atoms with Gasteiger partial charge in [-0.15, -0.1) is 0 Å². The molecule has 2 aromatic carbocycles. The summed E-state index contributed by atoms with van der Waals surface area (Å²) in [7, 11) is 1.59. The fourth-order valence-electron chi connectivity index (χ4n) is 1.96. The van der Waals surface area contributed by atoms with Gasteiger partial charge >= 0.3 is 0 Å². The monoisotopic (exact) mass is 292 g/mol. The van der Waals surface area contributed by atoms with Gasteiger partial charge in [0.25, 0.3) is 5.91 Å². The Hall–Kier alpha value is -3.06. The van der Waals surface area contributed by atoms with Crippen LogP contribution in [0.1, 0.15) is 11.1 Å².